The number of aryl methyl sites for hydroxylation is 1. The summed E-state index contributed by atoms with van der Waals surface area (Å²) in [5.41, 5.74) is 7.86. The van der Waals surface area contributed by atoms with Gasteiger partial charge in [-0.15, -0.1) is 0 Å². The lowest BCUT2D eigenvalue weighted by atomic mass is 10.0. The quantitative estimate of drug-likeness (QED) is 0.701. The molecule has 2 aromatic carbocycles. The van der Waals surface area contributed by atoms with Crippen molar-refractivity contribution in [1.82, 2.24) is 5.32 Å². The largest absolute Gasteiger partial charge is 0.387 e. The Morgan fingerprint density at radius 3 is 2.39 bits per heavy atom. The van der Waals surface area contributed by atoms with Gasteiger partial charge in [-0.2, -0.15) is 0 Å². The molecule has 0 aromatic heterocycles. The van der Waals surface area contributed by atoms with Crippen molar-refractivity contribution < 1.29 is 9.90 Å². The predicted molar refractivity (Wildman–Crippen MR) is 92.1 cm³/mol. The number of primary amides is 1. The van der Waals surface area contributed by atoms with Crippen LogP contribution < -0.4 is 11.1 Å². The van der Waals surface area contributed by atoms with Crippen molar-refractivity contribution in [3.05, 3.63) is 71.3 Å². The van der Waals surface area contributed by atoms with Gasteiger partial charge in [-0.05, 0) is 43.0 Å². The van der Waals surface area contributed by atoms with Gasteiger partial charge in [0.2, 0.25) is 5.91 Å². The Balaban J connectivity index is 1.74. The monoisotopic (exact) mass is 312 g/mol. The Hall–Kier alpha value is -2.17. The minimum absolute atomic E-state index is 0.296. The third-order valence-corrected chi connectivity index (χ3v) is 3.95. The molecule has 4 nitrogen and oxygen atoms in total. The highest BCUT2D eigenvalue weighted by molar-refractivity contribution is 5.92. The normalized spacial score (nSPS) is 13.5. The average molecular weight is 312 g/mol. The van der Waals surface area contributed by atoms with E-state index in [1.54, 1.807) is 12.1 Å². The first-order chi connectivity index (χ1) is 11.1. The van der Waals surface area contributed by atoms with E-state index < -0.39 is 12.0 Å². The van der Waals surface area contributed by atoms with Crippen molar-refractivity contribution in [1.29, 1.82) is 0 Å². The zero-order valence-electron chi connectivity index (χ0n) is 13.4. The first-order valence-electron chi connectivity index (χ1n) is 7.91. The van der Waals surface area contributed by atoms with Gasteiger partial charge < -0.3 is 16.2 Å². The highest BCUT2D eigenvalue weighted by Gasteiger charge is 2.09. The summed E-state index contributed by atoms with van der Waals surface area (Å²) in [7, 11) is 0. The summed E-state index contributed by atoms with van der Waals surface area (Å²) in [6.45, 7) is 2.64. The molecule has 0 bridgehead atoms. The standard InChI is InChI=1S/C19H24N2O2/c1-14(21-13-18(22)16-5-3-2-4-6-16)7-8-15-9-11-17(12-10-15)19(20)23/h2-6,9-12,14,18,21-22H,7-8,13H2,1H3,(H2,20,23)/t14-,18+/m1/s1. The maximum atomic E-state index is 11.0. The lowest BCUT2D eigenvalue weighted by Gasteiger charge is -2.17. The fourth-order valence-corrected chi connectivity index (χ4v) is 2.43. The number of nitrogens with one attached hydrogen (secondary N) is 1. The summed E-state index contributed by atoms with van der Waals surface area (Å²) in [5.74, 6) is -0.401. The molecule has 122 valence electrons. The Kier molecular flexibility index (Phi) is 6.32. The van der Waals surface area contributed by atoms with E-state index in [-0.39, 0.29) is 0 Å². The van der Waals surface area contributed by atoms with Gasteiger partial charge in [0.1, 0.15) is 0 Å². The number of aliphatic hydroxyl groups is 1. The summed E-state index contributed by atoms with van der Waals surface area (Å²) < 4.78 is 0. The molecule has 4 heteroatoms. The van der Waals surface area contributed by atoms with E-state index in [0.717, 1.165) is 18.4 Å². The lowest BCUT2D eigenvalue weighted by Crippen LogP contribution is -2.30. The van der Waals surface area contributed by atoms with Crippen LogP contribution in [0.3, 0.4) is 0 Å². The van der Waals surface area contributed by atoms with Crippen molar-refractivity contribution in [2.75, 3.05) is 6.54 Å². The van der Waals surface area contributed by atoms with Gasteiger partial charge in [0.15, 0.2) is 0 Å². The highest BCUT2D eigenvalue weighted by atomic mass is 16.3. The van der Waals surface area contributed by atoms with E-state index in [9.17, 15) is 9.90 Å². The molecule has 0 radical (unpaired) electrons. The van der Waals surface area contributed by atoms with Crippen LogP contribution in [0.4, 0.5) is 0 Å². The van der Waals surface area contributed by atoms with E-state index in [4.69, 9.17) is 5.73 Å². The molecule has 0 aliphatic heterocycles. The SMILES string of the molecule is C[C@H](CCc1ccc(C(N)=O)cc1)NC[C@H](O)c1ccccc1. The Bertz CT molecular complexity index is 611. The molecule has 0 unspecified atom stereocenters. The average Bonchev–Trinajstić information content (AvgIpc) is 2.59. The van der Waals surface area contributed by atoms with Crippen LogP contribution in [0, 0.1) is 0 Å². The molecule has 0 aliphatic rings. The number of amides is 1. The molecule has 2 atom stereocenters. The van der Waals surface area contributed by atoms with Crippen LogP contribution in [0.1, 0.15) is 40.9 Å². The van der Waals surface area contributed by atoms with Gasteiger partial charge in [0.25, 0.3) is 0 Å². The number of carbonyl (C=O) groups excluding carboxylic acids is 1. The molecule has 2 rings (SSSR count). The maximum absolute atomic E-state index is 11.0. The molecular weight excluding hydrogens is 288 g/mol. The summed E-state index contributed by atoms with van der Waals surface area (Å²) in [5, 5.41) is 13.5. The molecule has 0 saturated carbocycles. The highest BCUT2D eigenvalue weighted by Crippen LogP contribution is 2.12. The van der Waals surface area contributed by atoms with E-state index in [2.05, 4.69) is 12.2 Å². The number of aliphatic hydroxyl groups excluding tert-OH is 1. The number of benzene rings is 2. The van der Waals surface area contributed by atoms with Crippen LogP contribution in [0.5, 0.6) is 0 Å². The molecule has 23 heavy (non-hydrogen) atoms. The van der Waals surface area contributed by atoms with Gasteiger partial charge >= 0.3 is 0 Å². The molecular formula is C19H24N2O2. The van der Waals surface area contributed by atoms with Gasteiger partial charge in [-0.1, -0.05) is 42.5 Å². The second-order valence-corrected chi connectivity index (χ2v) is 5.84. The van der Waals surface area contributed by atoms with Crippen molar-refractivity contribution >= 4 is 5.91 Å². The molecule has 0 spiro atoms. The summed E-state index contributed by atoms with van der Waals surface area (Å²) in [6, 6.07) is 17.3. The Labute approximate surface area is 137 Å². The lowest BCUT2D eigenvalue weighted by molar-refractivity contribution is 0.100. The van der Waals surface area contributed by atoms with E-state index in [1.807, 2.05) is 42.5 Å². The van der Waals surface area contributed by atoms with E-state index in [0.29, 0.717) is 18.2 Å². The first kappa shape index (κ1) is 17.2. The van der Waals surface area contributed by atoms with Crippen molar-refractivity contribution in [2.24, 2.45) is 5.73 Å². The topological polar surface area (TPSA) is 75.4 Å². The fraction of sp³-hybridized carbons (Fsp3) is 0.316. The molecule has 1 amide bonds. The number of carbonyl (C=O) groups is 1. The smallest absolute Gasteiger partial charge is 0.248 e. The van der Waals surface area contributed by atoms with Gasteiger partial charge in [-0.25, -0.2) is 0 Å². The Morgan fingerprint density at radius 1 is 1.13 bits per heavy atom. The van der Waals surface area contributed by atoms with Crippen molar-refractivity contribution in [3.63, 3.8) is 0 Å². The second kappa shape index (κ2) is 8.46. The summed E-state index contributed by atoms with van der Waals surface area (Å²) in [4.78, 5) is 11.0. The zero-order chi connectivity index (χ0) is 16.7. The summed E-state index contributed by atoms with van der Waals surface area (Å²) >= 11 is 0. The van der Waals surface area contributed by atoms with Crippen LogP contribution in [0.15, 0.2) is 54.6 Å². The Morgan fingerprint density at radius 2 is 1.78 bits per heavy atom. The maximum Gasteiger partial charge on any atom is 0.248 e. The van der Waals surface area contributed by atoms with Crippen LogP contribution in [0.25, 0.3) is 0 Å². The third-order valence-electron chi connectivity index (χ3n) is 3.95. The van der Waals surface area contributed by atoms with Crippen molar-refractivity contribution in [2.45, 2.75) is 31.9 Å². The number of hydrogen-bond acceptors (Lipinski definition) is 3. The van der Waals surface area contributed by atoms with Gasteiger partial charge in [0, 0.05) is 18.2 Å². The second-order valence-electron chi connectivity index (χ2n) is 5.84. The van der Waals surface area contributed by atoms with Crippen LogP contribution >= 0.6 is 0 Å². The molecule has 4 N–H and O–H groups in total. The van der Waals surface area contributed by atoms with E-state index >= 15 is 0 Å². The minimum Gasteiger partial charge on any atom is -0.387 e. The van der Waals surface area contributed by atoms with Gasteiger partial charge in [0.05, 0.1) is 6.10 Å². The van der Waals surface area contributed by atoms with Gasteiger partial charge in [-0.3, -0.25) is 4.79 Å². The van der Waals surface area contributed by atoms with Crippen LogP contribution in [-0.4, -0.2) is 23.6 Å². The predicted octanol–water partition coefficient (Wildman–Crippen LogP) is 2.43. The zero-order valence-corrected chi connectivity index (χ0v) is 13.4. The van der Waals surface area contributed by atoms with Crippen LogP contribution in [0.2, 0.25) is 0 Å². The molecule has 0 fully saturated rings. The molecule has 0 heterocycles. The molecule has 0 saturated heterocycles. The number of rotatable bonds is 8. The van der Waals surface area contributed by atoms with E-state index in [1.165, 1.54) is 5.56 Å². The number of nitrogens with two attached hydrogens (primary N) is 1. The molecule has 0 aliphatic carbocycles. The first-order valence-corrected chi connectivity index (χ1v) is 7.91. The fourth-order valence-electron chi connectivity index (χ4n) is 2.43. The van der Waals surface area contributed by atoms with Crippen molar-refractivity contribution in [3.8, 4) is 0 Å². The summed E-state index contributed by atoms with van der Waals surface area (Å²) in [6.07, 6.45) is 1.38. The van der Waals surface area contributed by atoms with Crippen LogP contribution in [-0.2, 0) is 6.42 Å². The molecule has 2 aromatic rings. The third kappa shape index (κ3) is 5.51. The number of hydrogen-bond donors (Lipinski definition) is 3. The minimum atomic E-state index is -0.492.